The minimum absolute atomic E-state index is 0.0494. The van der Waals surface area contributed by atoms with Crippen molar-refractivity contribution in [3.63, 3.8) is 0 Å². The van der Waals surface area contributed by atoms with Crippen LogP contribution in [0.2, 0.25) is 0 Å². The zero-order valence-corrected chi connectivity index (χ0v) is 12.0. The summed E-state index contributed by atoms with van der Waals surface area (Å²) < 4.78 is 0. The van der Waals surface area contributed by atoms with Gasteiger partial charge in [0.1, 0.15) is 0 Å². The highest BCUT2D eigenvalue weighted by Crippen LogP contribution is 2.17. The summed E-state index contributed by atoms with van der Waals surface area (Å²) in [6.45, 7) is 7.33. The largest absolute Gasteiger partial charge is 0.481 e. The van der Waals surface area contributed by atoms with Crippen LogP contribution in [-0.2, 0) is 9.59 Å². The fourth-order valence-corrected chi connectivity index (χ4v) is 2.41. The third-order valence-electron chi connectivity index (χ3n) is 3.68. The van der Waals surface area contributed by atoms with Gasteiger partial charge < -0.3 is 15.3 Å². The number of rotatable bonds is 8. The number of aliphatic carboxylic acids is 1. The third-order valence-corrected chi connectivity index (χ3v) is 3.68. The van der Waals surface area contributed by atoms with Crippen LogP contribution in [0.25, 0.3) is 0 Å². The van der Waals surface area contributed by atoms with Crippen molar-refractivity contribution < 1.29 is 14.7 Å². The first-order valence-electron chi connectivity index (χ1n) is 7.21. The van der Waals surface area contributed by atoms with Crippen LogP contribution >= 0.6 is 0 Å². The summed E-state index contributed by atoms with van der Waals surface area (Å²) in [7, 11) is 0. The Balaban J connectivity index is 2.06. The molecule has 19 heavy (non-hydrogen) atoms. The number of unbranched alkanes of at least 4 members (excludes halogenated alkanes) is 1. The van der Waals surface area contributed by atoms with Gasteiger partial charge in [-0.2, -0.15) is 0 Å². The summed E-state index contributed by atoms with van der Waals surface area (Å²) in [6, 6.07) is 0.580. The molecule has 0 spiro atoms. The van der Waals surface area contributed by atoms with E-state index < -0.39 is 5.97 Å². The zero-order chi connectivity index (χ0) is 14.3. The molecule has 0 bridgehead atoms. The Hall–Kier alpha value is -1.10. The predicted octanol–water partition coefficient (Wildman–Crippen LogP) is 1.48. The Kier molecular flexibility index (Phi) is 6.84. The van der Waals surface area contributed by atoms with Crippen molar-refractivity contribution in [1.82, 2.24) is 10.2 Å². The molecular formula is C14H26N2O3. The number of nitrogens with one attached hydrogen (secondary N) is 1. The van der Waals surface area contributed by atoms with Gasteiger partial charge >= 0.3 is 5.97 Å². The average Bonchev–Trinajstić information content (AvgIpc) is 2.81. The molecule has 1 atom stereocenters. The summed E-state index contributed by atoms with van der Waals surface area (Å²) in [5, 5.41) is 11.4. The predicted molar refractivity (Wildman–Crippen MR) is 73.9 cm³/mol. The lowest BCUT2D eigenvalue weighted by atomic mass is 10.1. The Morgan fingerprint density at radius 2 is 2.00 bits per heavy atom. The van der Waals surface area contributed by atoms with Gasteiger partial charge in [-0.25, -0.2) is 0 Å². The maximum atomic E-state index is 11.6. The van der Waals surface area contributed by atoms with E-state index in [-0.39, 0.29) is 12.3 Å². The number of carboxylic acids is 1. The minimum Gasteiger partial charge on any atom is -0.481 e. The normalized spacial score (nSPS) is 19.8. The summed E-state index contributed by atoms with van der Waals surface area (Å²) in [6.07, 6.45) is 2.97. The van der Waals surface area contributed by atoms with Crippen LogP contribution in [0.15, 0.2) is 0 Å². The lowest BCUT2D eigenvalue weighted by molar-refractivity contribution is -0.137. The van der Waals surface area contributed by atoms with Gasteiger partial charge in [-0.1, -0.05) is 0 Å². The molecule has 0 aliphatic carbocycles. The monoisotopic (exact) mass is 270 g/mol. The highest BCUT2D eigenvalue weighted by Gasteiger charge is 2.24. The topological polar surface area (TPSA) is 69.6 Å². The van der Waals surface area contributed by atoms with Crippen LogP contribution in [0.3, 0.4) is 0 Å². The van der Waals surface area contributed by atoms with Crippen molar-refractivity contribution in [2.45, 2.75) is 52.0 Å². The summed E-state index contributed by atoms with van der Waals surface area (Å²) >= 11 is 0. The first-order valence-corrected chi connectivity index (χ1v) is 7.21. The molecule has 5 heteroatoms. The lowest BCUT2D eigenvalue weighted by Gasteiger charge is -2.20. The number of carbonyl (C=O) groups excluding carboxylic acids is 1. The van der Waals surface area contributed by atoms with E-state index in [1.165, 1.54) is 0 Å². The second-order valence-electron chi connectivity index (χ2n) is 5.65. The molecule has 1 amide bonds. The van der Waals surface area contributed by atoms with Gasteiger partial charge in [0.2, 0.25) is 5.91 Å². The SMILES string of the molecule is CC(C)N1CCC(CNC(=O)CCCCC(=O)O)C1. The molecule has 0 aromatic heterocycles. The van der Waals surface area contributed by atoms with E-state index >= 15 is 0 Å². The van der Waals surface area contributed by atoms with Gasteiger partial charge in [0.15, 0.2) is 0 Å². The van der Waals surface area contributed by atoms with Crippen LogP contribution in [-0.4, -0.2) is 47.6 Å². The summed E-state index contributed by atoms with van der Waals surface area (Å²) in [5.74, 6) is -0.182. The Labute approximate surface area is 115 Å². The van der Waals surface area contributed by atoms with E-state index in [0.29, 0.717) is 31.2 Å². The molecule has 1 aliphatic heterocycles. The zero-order valence-electron chi connectivity index (χ0n) is 12.0. The minimum atomic E-state index is -0.792. The Bertz CT molecular complexity index is 305. The first kappa shape index (κ1) is 16.0. The molecule has 0 aromatic carbocycles. The number of carbonyl (C=O) groups is 2. The molecular weight excluding hydrogens is 244 g/mol. The quantitative estimate of drug-likeness (QED) is 0.655. The molecule has 2 N–H and O–H groups in total. The van der Waals surface area contributed by atoms with E-state index in [4.69, 9.17) is 5.11 Å². The van der Waals surface area contributed by atoms with Crippen LogP contribution in [0.4, 0.5) is 0 Å². The van der Waals surface area contributed by atoms with Crippen LogP contribution < -0.4 is 5.32 Å². The van der Waals surface area contributed by atoms with Gasteiger partial charge in [-0.15, -0.1) is 0 Å². The van der Waals surface area contributed by atoms with E-state index in [1.807, 2.05) is 0 Å². The second kappa shape index (κ2) is 8.15. The van der Waals surface area contributed by atoms with Crippen molar-refractivity contribution in [2.24, 2.45) is 5.92 Å². The van der Waals surface area contributed by atoms with Gasteiger partial charge in [0.25, 0.3) is 0 Å². The lowest BCUT2D eigenvalue weighted by Crippen LogP contribution is -2.32. The van der Waals surface area contributed by atoms with E-state index in [9.17, 15) is 9.59 Å². The van der Waals surface area contributed by atoms with Crippen molar-refractivity contribution in [2.75, 3.05) is 19.6 Å². The molecule has 1 rings (SSSR count). The van der Waals surface area contributed by atoms with Gasteiger partial charge in [0, 0.05) is 32.0 Å². The molecule has 5 nitrogen and oxygen atoms in total. The second-order valence-corrected chi connectivity index (χ2v) is 5.65. The van der Waals surface area contributed by atoms with Crippen molar-refractivity contribution in [3.05, 3.63) is 0 Å². The van der Waals surface area contributed by atoms with E-state index in [0.717, 1.165) is 26.1 Å². The molecule has 0 aromatic rings. The number of hydrogen-bond acceptors (Lipinski definition) is 3. The number of nitrogens with zero attached hydrogens (tertiary/aromatic N) is 1. The number of carboxylic acid groups (broad SMARTS) is 1. The molecule has 1 heterocycles. The van der Waals surface area contributed by atoms with Gasteiger partial charge in [-0.3, -0.25) is 9.59 Å². The highest BCUT2D eigenvalue weighted by molar-refractivity contribution is 5.75. The first-order chi connectivity index (χ1) is 8.99. The molecule has 110 valence electrons. The van der Waals surface area contributed by atoms with E-state index in [1.54, 1.807) is 0 Å². The summed E-state index contributed by atoms with van der Waals surface area (Å²) in [4.78, 5) is 24.3. The number of amides is 1. The molecule has 1 fully saturated rings. The molecule has 0 saturated carbocycles. The number of hydrogen-bond donors (Lipinski definition) is 2. The molecule has 1 aliphatic rings. The van der Waals surface area contributed by atoms with Crippen molar-refractivity contribution in [3.8, 4) is 0 Å². The maximum absolute atomic E-state index is 11.6. The van der Waals surface area contributed by atoms with Crippen LogP contribution in [0, 0.1) is 5.92 Å². The van der Waals surface area contributed by atoms with E-state index in [2.05, 4.69) is 24.1 Å². The maximum Gasteiger partial charge on any atom is 0.303 e. The molecule has 0 radical (unpaired) electrons. The Morgan fingerprint density at radius 1 is 1.32 bits per heavy atom. The van der Waals surface area contributed by atoms with Crippen molar-refractivity contribution >= 4 is 11.9 Å². The number of likely N-dealkylation sites (tertiary alicyclic amines) is 1. The Morgan fingerprint density at radius 3 is 2.58 bits per heavy atom. The summed E-state index contributed by atoms with van der Waals surface area (Å²) in [5.41, 5.74) is 0. The highest BCUT2D eigenvalue weighted by atomic mass is 16.4. The molecule has 1 saturated heterocycles. The fourth-order valence-electron chi connectivity index (χ4n) is 2.41. The molecule has 1 unspecified atom stereocenters. The standard InChI is InChI=1S/C14H26N2O3/c1-11(2)16-8-7-12(10-16)9-15-13(17)5-3-4-6-14(18)19/h11-12H,3-10H2,1-2H3,(H,15,17)(H,18,19). The van der Waals surface area contributed by atoms with Gasteiger partial charge in [-0.05, 0) is 45.6 Å². The van der Waals surface area contributed by atoms with Crippen molar-refractivity contribution in [1.29, 1.82) is 0 Å². The average molecular weight is 270 g/mol. The fraction of sp³-hybridized carbons (Fsp3) is 0.857. The smallest absolute Gasteiger partial charge is 0.303 e. The van der Waals surface area contributed by atoms with Crippen LogP contribution in [0.5, 0.6) is 0 Å². The van der Waals surface area contributed by atoms with Crippen LogP contribution in [0.1, 0.15) is 46.0 Å². The third kappa shape index (κ3) is 6.57. The van der Waals surface area contributed by atoms with Gasteiger partial charge in [0.05, 0.1) is 0 Å².